The quantitative estimate of drug-likeness (QED) is 0.849. The Labute approximate surface area is 123 Å². The van der Waals surface area contributed by atoms with Gasteiger partial charge in [-0.1, -0.05) is 23.7 Å². The van der Waals surface area contributed by atoms with Crippen LogP contribution in [-0.2, 0) is 13.0 Å². The molecular formula is C12H14Cl3N3. The van der Waals surface area contributed by atoms with Crippen molar-refractivity contribution in [2.75, 3.05) is 6.54 Å². The van der Waals surface area contributed by atoms with Crippen LogP contribution >= 0.6 is 36.4 Å². The Kier molecular flexibility index (Phi) is 5.47. The van der Waals surface area contributed by atoms with Crippen LogP contribution in [0, 0.1) is 0 Å². The first kappa shape index (κ1) is 15.3. The molecule has 3 nitrogen and oxygen atoms in total. The SMILES string of the molecule is Cl.Cl.Clc1ccc(-c2n[nH]c3c2CNCC3)cc1. The number of hydrogen-bond acceptors (Lipinski definition) is 2. The second-order valence-electron chi connectivity index (χ2n) is 3.96. The van der Waals surface area contributed by atoms with Gasteiger partial charge in [-0.2, -0.15) is 5.10 Å². The van der Waals surface area contributed by atoms with Crippen LogP contribution in [0.25, 0.3) is 11.3 Å². The fourth-order valence-electron chi connectivity index (χ4n) is 2.07. The lowest BCUT2D eigenvalue weighted by molar-refractivity contribution is 0.637. The fraction of sp³-hybridized carbons (Fsp3) is 0.250. The van der Waals surface area contributed by atoms with Crippen LogP contribution in [0.1, 0.15) is 11.3 Å². The number of benzene rings is 1. The molecule has 0 unspecified atom stereocenters. The highest BCUT2D eigenvalue weighted by molar-refractivity contribution is 6.30. The maximum Gasteiger partial charge on any atom is 0.0968 e. The number of hydrogen-bond donors (Lipinski definition) is 2. The molecule has 1 aliphatic heterocycles. The van der Waals surface area contributed by atoms with Crippen LogP contribution in [0.4, 0.5) is 0 Å². The van der Waals surface area contributed by atoms with Gasteiger partial charge in [0.05, 0.1) is 5.69 Å². The molecule has 0 amide bonds. The molecule has 18 heavy (non-hydrogen) atoms. The van der Waals surface area contributed by atoms with Gasteiger partial charge in [-0.15, -0.1) is 24.8 Å². The highest BCUT2D eigenvalue weighted by atomic mass is 35.5. The third-order valence-electron chi connectivity index (χ3n) is 2.92. The van der Waals surface area contributed by atoms with Crippen molar-refractivity contribution in [3.63, 3.8) is 0 Å². The van der Waals surface area contributed by atoms with Crippen molar-refractivity contribution in [2.45, 2.75) is 13.0 Å². The van der Waals surface area contributed by atoms with Crippen molar-refractivity contribution in [3.8, 4) is 11.3 Å². The van der Waals surface area contributed by atoms with Gasteiger partial charge in [0.1, 0.15) is 0 Å². The molecule has 1 aromatic heterocycles. The smallest absolute Gasteiger partial charge is 0.0968 e. The summed E-state index contributed by atoms with van der Waals surface area (Å²) in [7, 11) is 0. The summed E-state index contributed by atoms with van der Waals surface area (Å²) in [5.41, 5.74) is 4.70. The number of halogens is 3. The number of aromatic amines is 1. The first-order chi connectivity index (χ1) is 7.84. The van der Waals surface area contributed by atoms with E-state index in [-0.39, 0.29) is 24.8 Å². The summed E-state index contributed by atoms with van der Waals surface area (Å²) in [6.45, 7) is 1.92. The summed E-state index contributed by atoms with van der Waals surface area (Å²) in [6, 6.07) is 7.81. The molecule has 0 atom stereocenters. The van der Waals surface area contributed by atoms with Gasteiger partial charge in [-0.05, 0) is 12.1 Å². The largest absolute Gasteiger partial charge is 0.312 e. The van der Waals surface area contributed by atoms with Crippen molar-refractivity contribution in [3.05, 3.63) is 40.5 Å². The Morgan fingerprint density at radius 2 is 1.83 bits per heavy atom. The summed E-state index contributed by atoms with van der Waals surface area (Å²) < 4.78 is 0. The molecule has 1 aliphatic rings. The number of aromatic nitrogens is 2. The molecule has 0 fully saturated rings. The summed E-state index contributed by atoms with van der Waals surface area (Å²) in [5.74, 6) is 0. The first-order valence-corrected chi connectivity index (χ1v) is 5.75. The molecule has 2 aromatic rings. The predicted octanol–water partition coefficient (Wildman–Crippen LogP) is 3.22. The lowest BCUT2D eigenvalue weighted by Gasteiger charge is -2.12. The van der Waals surface area contributed by atoms with E-state index in [1.807, 2.05) is 24.3 Å². The molecule has 2 N–H and O–H groups in total. The minimum Gasteiger partial charge on any atom is -0.312 e. The molecule has 0 saturated heterocycles. The minimum absolute atomic E-state index is 0. The van der Waals surface area contributed by atoms with E-state index >= 15 is 0 Å². The van der Waals surface area contributed by atoms with Crippen LogP contribution in [-0.4, -0.2) is 16.7 Å². The average Bonchev–Trinajstić information content (AvgIpc) is 2.74. The number of H-pyrrole nitrogens is 1. The van der Waals surface area contributed by atoms with Gasteiger partial charge < -0.3 is 5.32 Å². The molecule has 2 heterocycles. The van der Waals surface area contributed by atoms with Crippen LogP contribution < -0.4 is 5.32 Å². The van der Waals surface area contributed by atoms with Crippen molar-refractivity contribution in [2.24, 2.45) is 0 Å². The van der Waals surface area contributed by atoms with Gasteiger partial charge >= 0.3 is 0 Å². The Balaban J connectivity index is 0.000000810. The second-order valence-corrected chi connectivity index (χ2v) is 4.40. The molecule has 0 bridgehead atoms. The van der Waals surface area contributed by atoms with Crippen molar-refractivity contribution in [1.29, 1.82) is 0 Å². The monoisotopic (exact) mass is 305 g/mol. The van der Waals surface area contributed by atoms with Gasteiger partial charge in [0.15, 0.2) is 0 Å². The third kappa shape index (κ3) is 2.81. The van der Waals surface area contributed by atoms with Gasteiger partial charge in [0, 0.05) is 41.4 Å². The number of fused-ring (bicyclic) bond motifs is 1. The van der Waals surface area contributed by atoms with E-state index in [2.05, 4.69) is 15.5 Å². The van der Waals surface area contributed by atoms with E-state index in [0.717, 1.165) is 35.8 Å². The van der Waals surface area contributed by atoms with Crippen molar-refractivity contribution < 1.29 is 0 Å². The van der Waals surface area contributed by atoms with Gasteiger partial charge in [0.2, 0.25) is 0 Å². The lowest BCUT2D eigenvalue weighted by Crippen LogP contribution is -2.23. The van der Waals surface area contributed by atoms with E-state index in [1.165, 1.54) is 11.3 Å². The molecule has 0 aliphatic carbocycles. The first-order valence-electron chi connectivity index (χ1n) is 5.37. The van der Waals surface area contributed by atoms with Gasteiger partial charge in [0.25, 0.3) is 0 Å². The molecular weight excluding hydrogens is 293 g/mol. The van der Waals surface area contributed by atoms with Gasteiger partial charge in [-0.3, -0.25) is 5.10 Å². The average molecular weight is 307 g/mol. The Bertz CT molecular complexity index is 508. The van der Waals surface area contributed by atoms with Crippen LogP contribution in [0.15, 0.2) is 24.3 Å². The van der Waals surface area contributed by atoms with Crippen molar-refractivity contribution in [1.82, 2.24) is 15.5 Å². The summed E-state index contributed by atoms with van der Waals surface area (Å²) in [5, 5.41) is 11.6. The van der Waals surface area contributed by atoms with E-state index in [0.29, 0.717) is 0 Å². The Morgan fingerprint density at radius 1 is 1.11 bits per heavy atom. The third-order valence-corrected chi connectivity index (χ3v) is 3.18. The standard InChI is InChI=1S/C12H12ClN3.2ClH/c13-9-3-1-8(2-4-9)12-10-7-14-6-5-11(10)15-16-12;;/h1-4,14H,5-7H2,(H,15,16);2*1H. The molecule has 1 aromatic carbocycles. The highest BCUT2D eigenvalue weighted by Crippen LogP contribution is 2.26. The van der Waals surface area contributed by atoms with Crippen LogP contribution in [0.3, 0.4) is 0 Å². The molecule has 0 saturated carbocycles. The fourth-order valence-corrected chi connectivity index (χ4v) is 2.20. The van der Waals surface area contributed by atoms with E-state index in [1.54, 1.807) is 0 Å². The van der Waals surface area contributed by atoms with E-state index < -0.39 is 0 Å². The normalized spacial score (nSPS) is 13.2. The Hall–Kier alpha value is -0.740. The topological polar surface area (TPSA) is 40.7 Å². The van der Waals surface area contributed by atoms with Crippen LogP contribution in [0.2, 0.25) is 5.02 Å². The zero-order valence-electron chi connectivity index (χ0n) is 9.57. The maximum absolute atomic E-state index is 5.88. The van der Waals surface area contributed by atoms with Crippen LogP contribution in [0.5, 0.6) is 0 Å². The van der Waals surface area contributed by atoms with Crippen molar-refractivity contribution >= 4 is 36.4 Å². The van der Waals surface area contributed by atoms with E-state index in [9.17, 15) is 0 Å². The summed E-state index contributed by atoms with van der Waals surface area (Å²) >= 11 is 5.88. The minimum atomic E-state index is 0. The Morgan fingerprint density at radius 3 is 2.56 bits per heavy atom. The number of nitrogens with zero attached hydrogens (tertiary/aromatic N) is 1. The maximum atomic E-state index is 5.88. The number of nitrogens with one attached hydrogen (secondary N) is 2. The van der Waals surface area contributed by atoms with Gasteiger partial charge in [-0.25, -0.2) is 0 Å². The molecule has 98 valence electrons. The molecule has 0 radical (unpaired) electrons. The summed E-state index contributed by atoms with van der Waals surface area (Å²) in [4.78, 5) is 0. The van der Waals surface area contributed by atoms with E-state index in [4.69, 9.17) is 11.6 Å². The highest BCUT2D eigenvalue weighted by Gasteiger charge is 2.17. The predicted molar refractivity (Wildman–Crippen MR) is 78.9 cm³/mol. The zero-order chi connectivity index (χ0) is 11.0. The molecule has 0 spiro atoms. The molecule has 6 heteroatoms. The lowest BCUT2D eigenvalue weighted by atomic mass is 10.0. The summed E-state index contributed by atoms with van der Waals surface area (Å²) in [6.07, 6.45) is 1.02. The molecule has 3 rings (SSSR count). The zero-order valence-corrected chi connectivity index (χ0v) is 12.0. The number of rotatable bonds is 1. The second kappa shape index (κ2) is 6.43.